The van der Waals surface area contributed by atoms with E-state index < -0.39 is 6.04 Å². The number of Topliss-reactive ketones (excluding diaryl/α,β-unsaturated/α-hetero) is 1. The summed E-state index contributed by atoms with van der Waals surface area (Å²) < 4.78 is 3.84. The molecule has 3 rings (SSSR count). The fourth-order valence-electron chi connectivity index (χ4n) is 3.42. The van der Waals surface area contributed by atoms with Crippen LogP contribution in [0.15, 0.2) is 36.5 Å². The van der Waals surface area contributed by atoms with Crippen molar-refractivity contribution in [2.45, 2.75) is 46.7 Å². The molecule has 6 heteroatoms. The Morgan fingerprint density at radius 1 is 1.22 bits per heavy atom. The first kappa shape index (κ1) is 18.9. The quantitative estimate of drug-likeness (QED) is 0.514. The van der Waals surface area contributed by atoms with Crippen molar-refractivity contribution in [3.05, 3.63) is 53.5 Å². The van der Waals surface area contributed by atoms with Crippen molar-refractivity contribution < 1.29 is 9.59 Å². The average molecular weight is 366 g/mol. The van der Waals surface area contributed by atoms with Crippen LogP contribution >= 0.6 is 0 Å². The number of nitrogens with one attached hydrogen (secondary N) is 1. The van der Waals surface area contributed by atoms with Gasteiger partial charge in [-0.15, -0.1) is 0 Å². The maximum atomic E-state index is 12.6. The molecular weight excluding hydrogens is 340 g/mol. The Bertz CT molecular complexity index is 983. The van der Waals surface area contributed by atoms with E-state index in [0.717, 1.165) is 35.3 Å². The molecule has 0 fully saturated rings. The van der Waals surface area contributed by atoms with Crippen molar-refractivity contribution in [3.63, 3.8) is 0 Å². The monoisotopic (exact) mass is 366 g/mol. The zero-order valence-electron chi connectivity index (χ0n) is 16.3. The number of hydrogen-bond donors (Lipinski definition) is 1. The second-order valence-corrected chi connectivity index (χ2v) is 6.99. The third-order valence-electron chi connectivity index (χ3n) is 4.87. The Morgan fingerprint density at radius 2 is 1.96 bits per heavy atom. The molecule has 1 N–H and O–H groups in total. The molecule has 0 saturated carbocycles. The van der Waals surface area contributed by atoms with Crippen LogP contribution in [-0.2, 0) is 11.3 Å². The van der Waals surface area contributed by atoms with Gasteiger partial charge in [-0.3, -0.25) is 14.3 Å². The second kappa shape index (κ2) is 7.78. The smallest absolute Gasteiger partial charge is 0.242 e. The van der Waals surface area contributed by atoms with E-state index in [4.69, 9.17) is 0 Å². The van der Waals surface area contributed by atoms with E-state index in [1.165, 1.54) is 0 Å². The van der Waals surface area contributed by atoms with Gasteiger partial charge in [0.15, 0.2) is 5.78 Å². The predicted octanol–water partition coefficient (Wildman–Crippen LogP) is 3.42. The van der Waals surface area contributed by atoms with E-state index in [-0.39, 0.29) is 11.7 Å². The van der Waals surface area contributed by atoms with Gasteiger partial charge in [0.05, 0.1) is 5.69 Å². The summed E-state index contributed by atoms with van der Waals surface area (Å²) in [5.41, 5.74) is 3.68. The van der Waals surface area contributed by atoms with Crippen molar-refractivity contribution >= 4 is 22.6 Å². The van der Waals surface area contributed by atoms with E-state index in [2.05, 4.69) is 10.4 Å². The SMILES string of the molecule is CC(=O)c1cn([C@@H](C)C(=O)NCCCn2nc(C)cc2C)c2ccccc12. The Balaban J connectivity index is 1.64. The third kappa shape index (κ3) is 3.94. The zero-order valence-corrected chi connectivity index (χ0v) is 16.3. The van der Waals surface area contributed by atoms with Crippen molar-refractivity contribution in [2.24, 2.45) is 0 Å². The number of carbonyl (C=O) groups excluding carboxylic acids is 2. The second-order valence-electron chi connectivity index (χ2n) is 6.99. The highest BCUT2D eigenvalue weighted by Gasteiger charge is 2.19. The number of rotatable bonds is 7. The molecule has 0 aliphatic rings. The van der Waals surface area contributed by atoms with Gasteiger partial charge in [0.1, 0.15) is 6.04 Å². The number of benzene rings is 1. The molecule has 1 aromatic carbocycles. The van der Waals surface area contributed by atoms with Gasteiger partial charge in [-0.25, -0.2) is 0 Å². The maximum Gasteiger partial charge on any atom is 0.242 e. The van der Waals surface area contributed by atoms with E-state index in [9.17, 15) is 9.59 Å². The lowest BCUT2D eigenvalue weighted by molar-refractivity contribution is -0.123. The minimum atomic E-state index is -0.392. The summed E-state index contributed by atoms with van der Waals surface area (Å²) in [7, 11) is 0. The Morgan fingerprint density at radius 3 is 2.63 bits per heavy atom. The van der Waals surface area contributed by atoms with Crippen LogP contribution in [-0.4, -0.2) is 32.6 Å². The van der Waals surface area contributed by atoms with Crippen LogP contribution in [0.2, 0.25) is 0 Å². The molecule has 3 aromatic rings. The highest BCUT2D eigenvalue weighted by atomic mass is 16.2. The zero-order chi connectivity index (χ0) is 19.6. The van der Waals surface area contributed by atoms with Gasteiger partial charge in [0.2, 0.25) is 5.91 Å². The van der Waals surface area contributed by atoms with Crippen molar-refractivity contribution in [2.75, 3.05) is 6.54 Å². The molecule has 0 bridgehead atoms. The molecular formula is C21H26N4O2. The molecule has 2 heterocycles. The summed E-state index contributed by atoms with van der Waals surface area (Å²) in [5.74, 6) is -0.0540. The van der Waals surface area contributed by atoms with Crippen LogP contribution in [0.4, 0.5) is 0 Å². The lowest BCUT2D eigenvalue weighted by Gasteiger charge is -2.15. The fraction of sp³-hybridized carbons (Fsp3) is 0.381. The maximum absolute atomic E-state index is 12.6. The number of para-hydroxylation sites is 1. The van der Waals surface area contributed by atoms with Crippen LogP contribution in [0.3, 0.4) is 0 Å². The van der Waals surface area contributed by atoms with Crippen molar-refractivity contribution in [1.82, 2.24) is 19.7 Å². The number of aryl methyl sites for hydroxylation is 3. The number of hydrogen-bond acceptors (Lipinski definition) is 3. The lowest BCUT2D eigenvalue weighted by atomic mass is 10.1. The first-order valence-electron chi connectivity index (χ1n) is 9.27. The van der Waals surface area contributed by atoms with Gasteiger partial charge >= 0.3 is 0 Å². The predicted molar refractivity (Wildman–Crippen MR) is 106 cm³/mol. The summed E-state index contributed by atoms with van der Waals surface area (Å²) in [4.78, 5) is 24.5. The standard InChI is InChI=1S/C21H26N4O2/c1-14-12-15(2)25(23-14)11-7-10-22-21(27)16(3)24-13-19(17(4)26)18-8-5-6-9-20(18)24/h5-6,8-9,12-13,16H,7,10-11H2,1-4H3,(H,22,27)/t16-/m0/s1. The van der Waals surface area contributed by atoms with E-state index >= 15 is 0 Å². The summed E-state index contributed by atoms with van der Waals surface area (Å²) in [6.07, 6.45) is 2.60. The highest BCUT2D eigenvalue weighted by molar-refractivity contribution is 6.07. The van der Waals surface area contributed by atoms with E-state index in [1.807, 2.05) is 60.4 Å². The lowest BCUT2D eigenvalue weighted by Crippen LogP contribution is -2.32. The number of aromatic nitrogens is 3. The van der Waals surface area contributed by atoms with Gasteiger partial charge in [-0.05, 0) is 46.2 Å². The van der Waals surface area contributed by atoms with Gasteiger partial charge in [0, 0.05) is 41.4 Å². The number of nitrogens with zero attached hydrogens (tertiary/aromatic N) is 3. The van der Waals surface area contributed by atoms with Crippen LogP contribution in [0.5, 0.6) is 0 Å². The highest BCUT2D eigenvalue weighted by Crippen LogP contribution is 2.25. The van der Waals surface area contributed by atoms with Crippen LogP contribution in [0, 0.1) is 13.8 Å². The molecule has 1 atom stereocenters. The first-order chi connectivity index (χ1) is 12.9. The molecule has 0 aliphatic heterocycles. The topological polar surface area (TPSA) is 68.9 Å². The molecule has 1 amide bonds. The first-order valence-corrected chi connectivity index (χ1v) is 9.27. The number of carbonyl (C=O) groups is 2. The summed E-state index contributed by atoms with van der Waals surface area (Å²) in [6.45, 7) is 8.77. The van der Waals surface area contributed by atoms with Crippen LogP contribution in [0.1, 0.15) is 48.1 Å². The number of fused-ring (bicyclic) bond motifs is 1. The van der Waals surface area contributed by atoms with Gasteiger partial charge in [-0.1, -0.05) is 18.2 Å². The Hall–Kier alpha value is -2.89. The fourth-order valence-corrected chi connectivity index (χ4v) is 3.42. The molecule has 2 aromatic heterocycles. The number of ketones is 1. The van der Waals surface area contributed by atoms with Gasteiger partial charge < -0.3 is 9.88 Å². The molecule has 0 aliphatic carbocycles. The summed E-state index contributed by atoms with van der Waals surface area (Å²) >= 11 is 0. The van der Waals surface area contributed by atoms with Crippen molar-refractivity contribution in [1.29, 1.82) is 0 Å². The van der Waals surface area contributed by atoms with E-state index in [0.29, 0.717) is 12.1 Å². The van der Waals surface area contributed by atoms with Gasteiger partial charge in [0.25, 0.3) is 0 Å². The Labute approximate surface area is 159 Å². The third-order valence-corrected chi connectivity index (χ3v) is 4.87. The minimum absolute atomic E-state index is 0.00226. The Kier molecular flexibility index (Phi) is 5.44. The van der Waals surface area contributed by atoms with E-state index in [1.54, 1.807) is 13.1 Å². The largest absolute Gasteiger partial charge is 0.354 e. The summed E-state index contributed by atoms with van der Waals surface area (Å²) in [6, 6.07) is 9.34. The molecule has 0 spiro atoms. The number of amides is 1. The normalized spacial score (nSPS) is 12.3. The average Bonchev–Trinajstić information content (AvgIpc) is 3.17. The van der Waals surface area contributed by atoms with Crippen LogP contribution < -0.4 is 5.32 Å². The molecule has 0 unspecified atom stereocenters. The summed E-state index contributed by atoms with van der Waals surface area (Å²) in [5, 5.41) is 8.31. The molecule has 0 saturated heterocycles. The van der Waals surface area contributed by atoms with Crippen LogP contribution in [0.25, 0.3) is 10.9 Å². The molecule has 6 nitrogen and oxygen atoms in total. The van der Waals surface area contributed by atoms with Gasteiger partial charge in [-0.2, -0.15) is 5.10 Å². The molecule has 0 radical (unpaired) electrons. The minimum Gasteiger partial charge on any atom is -0.354 e. The van der Waals surface area contributed by atoms with Crippen molar-refractivity contribution in [3.8, 4) is 0 Å². The molecule has 142 valence electrons. The molecule has 27 heavy (non-hydrogen) atoms.